The van der Waals surface area contributed by atoms with E-state index >= 15 is 0 Å². The molecule has 0 fully saturated rings. The van der Waals surface area contributed by atoms with Gasteiger partial charge in [0.05, 0.1) is 0 Å². The van der Waals surface area contributed by atoms with Crippen molar-refractivity contribution in [1.82, 2.24) is 4.98 Å². The van der Waals surface area contributed by atoms with Crippen LogP contribution < -0.4 is 0 Å². The first-order chi connectivity index (χ1) is 6.48. The molecular weight excluding hydrogens is 249 g/mol. The van der Waals surface area contributed by atoms with Crippen LogP contribution in [-0.2, 0) is 9.05 Å². The molecule has 0 spiro atoms. The number of aromatic nitrogens is 1. The maximum atomic E-state index is 10.9. The fourth-order valence-corrected chi connectivity index (χ4v) is 1.91. The SMILES string of the molecule is O=S(=O)(Cl)c1cc2ccnc(Cl)c2o1. The summed E-state index contributed by atoms with van der Waals surface area (Å²) in [5, 5.41) is 0.322. The van der Waals surface area contributed by atoms with Gasteiger partial charge in [-0.25, -0.2) is 13.4 Å². The van der Waals surface area contributed by atoms with Gasteiger partial charge in [-0.3, -0.25) is 0 Å². The normalized spacial score (nSPS) is 12.1. The number of pyridine rings is 1. The summed E-state index contributed by atoms with van der Waals surface area (Å²) in [5.41, 5.74) is 0.216. The summed E-state index contributed by atoms with van der Waals surface area (Å²) >= 11 is 5.68. The van der Waals surface area contributed by atoms with Crippen LogP contribution in [0.3, 0.4) is 0 Å². The van der Waals surface area contributed by atoms with Crippen molar-refractivity contribution in [2.45, 2.75) is 5.09 Å². The average molecular weight is 252 g/mol. The smallest absolute Gasteiger partial charge is 0.294 e. The lowest BCUT2D eigenvalue weighted by atomic mass is 10.3. The number of furan rings is 1. The Hall–Kier alpha value is -0.780. The number of hydrogen-bond donors (Lipinski definition) is 0. The van der Waals surface area contributed by atoms with E-state index in [2.05, 4.69) is 4.98 Å². The van der Waals surface area contributed by atoms with Gasteiger partial charge in [0.25, 0.3) is 9.05 Å². The first kappa shape index (κ1) is 9.76. The molecule has 0 N–H and O–H groups in total. The summed E-state index contributed by atoms with van der Waals surface area (Å²) in [7, 11) is 1.24. The first-order valence-electron chi connectivity index (χ1n) is 3.47. The third kappa shape index (κ3) is 1.58. The minimum absolute atomic E-state index is 0.106. The van der Waals surface area contributed by atoms with Crippen LogP contribution in [0, 0.1) is 0 Å². The van der Waals surface area contributed by atoms with E-state index in [0.717, 1.165) is 0 Å². The van der Waals surface area contributed by atoms with Gasteiger partial charge < -0.3 is 4.42 Å². The molecule has 7 heteroatoms. The van der Waals surface area contributed by atoms with Crippen LogP contribution in [0.25, 0.3) is 11.0 Å². The number of hydrogen-bond acceptors (Lipinski definition) is 4. The average Bonchev–Trinajstić information content (AvgIpc) is 2.48. The van der Waals surface area contributed by atoms with Crippen LogP contribution >= 0.6 is 22.3 Å². The van der Waals surface area contributed by atoms with Crippen LogP contribution in [0.2, 0.25) is 5.15 Å². The van der Waals surface area contributed by atoms with E-state index in [1.54, 1.807) is 6.07 Å². The lowest BCUT2D eigenvalue weighted by Gasteiger charge is -1.88. The third-order valence-electron chi connectivity index (χ3n) is 1.61. The van der Waals surface area contributed by atoms with E-state index in [1.807, 2.05) is 0 Å². The monoisotopic (exact) mass is 251 g/mol. The largest absolute Gasteiger partial charge is 0.440 e. The van der Waals surface area contributed by atoms with Gasteiger partial charge >= 0.3 is 0 Å². The Morgan fingerprint density at radius 2 is 2.14 bits per heavy atom. The maximum absolute atomic E-state index is 10.9. The van der Waals surface area contributed by atoms with E-state index < -0.39 is 9.05 Å². The highest BCUT2D eigenvalue weighted by Crippen LogP contribution is 2.28. The van der Waals surface area contributed by atoms with Crippen molar-refractivity contribution in [2.24, 2.45) is 0 Å². The second-order valence-electron chi connectivity index (χ2n) is 2.52. The minimum Gasteiger partial charge on any atom is -0.440 e. The lowest BCUT2D eigenvalue weighted by Crippen LogP contribution is -1.85. The summed E-state index contributed by atoms with van der Waals surface area (Å²) in [5.74, 6) is 0. The van der Waals surface area contributed by atoms with Crippen LogP contribution in [-0.4, -0.2) is 13.4 Å². The summed E-state index contributed by atoms with van der Waals surface area (Å²) in [6, 6.07) is 2.88. The molecule has 0 saturated heterocycles. The van der Waals surface area contributed by atoms with Gasteiger partial charge in [-0.1, -0.05) is 11.6 Å². The summed E-state index contributed by atoms with van der Waals surface area (Å²) in [4.78, 5) is 3.74. The minimum atomic E-state index is -3.86. The van der Waals surface area contributed by atoms with Crippen molar-refractivity contribution in [2.75, 3.05) is 0 Å². The molecule has 0 amide bonds. The van der Waals surface area contributed by atoms with Gasteiger partial charge in [0.1, 0.15) is 0 Å². The number of rotatable bonds is 1. The second-order valence-corrected chi connectivity index (χ2v) is 5.38. The Bertz CT molecular complexity index is 590. The predicted molar refractivity (Wildman–Crippen MR) is 52.1 cm³/mol. The molecule has 0 aliphatic heterocycles. The van der Waals surface area contributed by atoms with E-state index in [1.165, 1.54) is 12.3 Å². The van der Waals surface area contributed by atoms with Gasteiger partial charge in [-0.2, -0.15) is 0 Å². The fraction of sp³-hybridized carbons (Fsp3) is 0. The second kappa shape index (κ2) is 3.12. The molecule has 0 unspecified atom stereocenters. The zero-order chi connectivity index (χ0) is 10.3. The Morgan fingerprint density at radius 3 is 2.71 bits per heavy atom. The molecule has 0 atom stereocenters. The summed E-state index contributed by atoms with van der Waals surface area (Å²) < 4.78 is 26.8. The highest BCUT2D eigenvalue weighted by molar-refractivity contribution is 8.13. The maximum Gasteiger partial charge on any atom is 0.294 e. The molecule has 4 nitrogen and oxygen atoms in total. The van der Waals surface area contributed by atoms with Crippen LogP contribution in [0.4, 0.5) is 0 Å². The number of nitrogens with zero attached hydrogens (tertiary/aromatic N) is 1. The fourth-order valence-electron chi connectivity index (χ4n) is 1.03. The van der Waals surface area contributed by atoms with E-state index in [-0.39, 0.29) is 15.8 Å². The van der Waals surface area contributed by atoms with Gasteiger partial charge in [0.15, 0.2) is 10.7 Å². The molecule has 0 aromatic carbocycles. The van der Waals surface area contributed by atoms with Crippen molar-refractivity contribution in [3.63, 3.8) is 0 Å². The Labute approximate surface area is 88.9 Å². The molecule has 2 aromatic rings. The Balaban J connectivity index is 2.81. The number of fused-ring (bicyclic) bond motifs is 1. The first-order valence-corrected chi connectivity index (χ1v) is 6.16. The topological polar surface area (TPSA) is 60.2 Å². The van der Waals surface area contributed by atoms with Gasteiger partial charge in [0.2, 0.25) is 5.09 Å². The molecule has 74 valence electrons. The molecule has 14 heavy (non-hydrogen) atoms. The summed E-state index contributed by atoms with van der Waals surface area (Å²) in [6.07, 6.45) is 1.45. The van der Waals surface area contributed by atoms with Crippen molar-refractivity contribution < 1.29 is 12.8 Å². The van der Waals surface area contributed by atoms with Crippen molar-refractivity contribution in [3.05, 3.63) is 23.5 Å². The van der Waals surface area contributed by atoms with Crippen molar-refractivity contribution in [1.29, 1.82) is 0 Å². The third-order valence-corrected chi connectivity index (χ3v) is 3.02. The van der Waals surface area contributed by atoms with Gasteiger partial charge in [-0.05, 0) is 6.07 Å². The quantitative estimate of drug-likeness (QED) is 0.577. The van der Waals surface area contributed by atoms with Crippen molar-refractivity contribution >= 4 is 42.3 Å². The van der Waals surface area contributed by atoms with Gasteiger partial charge in [0, 0.05) is 28.3 Å². The molecular formula is C7H3Cl2NO3S. The predicted octanol–water partition coefficient (Wildman–Crippen LogP) is 2.41. The molecule has 0 saturated carbocycles. The molecule has 0 aliphatic rings. The zero-order valence-electron chi connectivity index (χ0n) is 6.57. The Kier molecular flexibility index (Phi) is 2.17. The van der Waals surface area contributed by atoms with E-state index in [9.17, 15) is 8.42 Å². The highest BCUT2D eigenvalue weighted by Gasteiger charge is 2.17. The molecule has 2 aromatic heterocycles. The van der Waals surface area contributed by atoms with Gasteiger partial charge in [-0.15, -0.1) is 0 Å². The molecule has 2 heterocycles. The van der Waals surface area contributed by atoms with Crippen LogP contribution in [0.1, 0.15) is 0 Å². The van der Waals surface area contributed by atoms with E-state index in [4.69, 9.17) is 26.7 Å². The lowest BCUT2D eigenvalue weighted by molar-refractivity contribution is 0.487. The molecule has 0 radical (unpaired) electrons. The summed E-state index contributed by atoms with van der Waals surface area (Å²) in [6.45, 7) is 0. The molecule has 2 rings (SSSR count). The zero-order valence-corrected chi connectivity index (χ0v) is 8.90. The molecule has 0 bridgehead atoms. The molecule has 0 aliphatic carbocycles. The van der Waals surface area contributed by atoms with Crippen LogP contribution in [0.5, 0.6) is 0 Å². The standard InChI is InChI=1S/C7H3Cl2NO3S/c8-7-6-4(1-2-10-7)3-5(13-6)14(9,11)12/h1-3H. The van der Waals surface area contributed by atoms with Crippen molar-refractivity contribution in [3.8, 4) is 0 Å². The van der Waals surface area contributed by atoms with E-state index in [0.29, 0.717) is 5.39 Å². The Morgan fingerprint density at radius 1 is 1.43 bits per heavy atom. The highest BCUT2D eigenvalue weighted by atomic mass is 35.7. The number of halogens is 2. The van der Waals surface area contributed by atoms with Crippen LogP contribution in [0.15, 0.2) is 27.8 Å².